The summed E-state index contributed by atoms with van der Waals surface area (Å²) in [5, 5.41) is 3.15. The van der Waals surface area contributed by atoms with E-state index in [1.54, 1.807) is 6.26 Å². The molecule has 1 aromatic heterocycles. The molecule has 1 aromatic rings. The van der Waals surface area contributed by atoms with E-state index in [0.717, 1.165) is 45.2 Å². The summed E-state index contributed by atoms with van der Waals surface area (Å²) < 4.78 is 10.9. The van der Waals surface area contributed by atoms with E-state index < -0.39 is 0 Å². The Hall–Kier alpha value is -0.840. The van der Waals surface area contributed by atoms with Crippen LogP contribution in [0, 0.1) is 0 Å². The fourth-order valence-corrected chi connectivity index (χ4v) is 1.74. The topological polar surface area (TPSA) is 37.6 Å². The second-order valence-electron chi connectivity index (χ2n) is 3.97. The lowest BCUT2D eigenvalue weighted by molar-refractivity contribution is 0.110. The van der Waals surface area contributed by atoms with Gasteiger partial charge in [-0.05, 0) is 26.6 Å². The number of nitrogens with zero attached hydrogens (tertiary/aromatic N) is 1. The van der Waals surface area contributed by atoms with Crippen molar-refractivity contribution in [2.75, 3.05) is 33.4 Å². The summed E-state index contributed by atoms with van der Waals surface area (Å²) in [5.74, 6) is 1.05. The molecule has 98 valence electrons. The molecule has 1 rings (SSSR count). The molecule has 4 nitrogen and oxygen atoms in total. The highest BCUT2D eigenvalue weighted by Gasteiger charge is 2.10. The third-order valence-corrected chi connectivity index (χ3v) is 2.78. The molecule has 0 aliphatic rings. The molecule has 0 spiro atoms. The van der Waals surface area contributed by atoms with E-state index in [9.17, 15) is 0 Å². The predicted octanol–water partition coefficient (Wildman–Crippen LogP) is 1.86. The molecule has 0 amide bonds. The molecular formula is C13H24N2O2. The zero-order valence-corrected chi connectivity index (χ0v) is 11.2. The van der Waals surface area contributed by atoms with Crippen LogP contribution in [-0.2, 0) is 17.8 Å². The van der Waals surface area contributed by atoms with Gasteiger partial charge in [0, 0.05) is 25.3 Å². The molecule has 0 atom stereocenters. The van der Waals surface area contributed by atoms with Gasteiger partial charge >= 0.3 is 0 Å². The smallest absolute Gasteiger partial charge is 0.122 e. The van der Waals surface area contributed by atoms with Gasteiger partial charge in [-0.1, -0.05) is 6.92 Å². The average molecular weight is 240 g/mol. The summed E-state index contributed by atoms with van der Waals surface area (Å²) in [7, 11) is 1.95. The number of furan rings is 1. The van der Waals surface area contributed by atoms with Crippen molar-refractivity contribution in [1.29, 1.82) is 0 Å². The van der Waals surface area contributed by atoms with Crippen LogP contribution in [0.4, 0.5) is 0 Å². The van der Waals surface area contributed by atoms with Crippen LogP contribution < -0.4 is 5.32 Å². The van der Waals surface area contributed by atoms with Gasteiger partial charge in [-0.25, -0.2) is 0 Å². The Morgan fingerprint density at radius 2 is 2.24 bits per heavy atom. The van der Waals surface area contributed by atoms with Crippen LogP contribution in [0.15, 0.2) is 16.7 Å². The standard InChI is InChI=1S/C13H24N2O2/c1-4-15(7-9-16-5-2)11-13-12(10-14-3)6-8-17-13/h6,8,14H,4-5,7,9-11H2,1-3H3. The zero-order chi connectivity index (χ0) is 12.5. The van der Waals surface area contributed by atoms with Crippen LogP contribution in [-0.4, -0.2) is 38.3 Å². The Morgan fingerprint density at radius 3 is 2.88 bits per heavy atom. The minimum Gasteiger partial charge on any atom is -0.468 e. The lowest BCUT2D eigenvalue weighted by Crippen LogP contribution is -2.27. The highest BCUT2D eigenvalue weighted by atomic mass is 16.5. The third kappa shape index (κ3) is 4.89. The van der Waals surface area contributed by atoms with Crippen LogP contribution in [0.2, 0.25) is 0 Å². The Kier molecular flexibility index (Phi) is 6.93. The molecule has 0 aromatic carbocycles. The van der Waals surface area contributed by atoms with E-state index in [-0.39, 0.29) is 0 Å². The molecule has 0 saturated carbocycles. The Morgan fingerprint density at radius 1 is 1.41 bits per heavy atom. The summed E-state index contributed by atoms with van der Waals surface area (Å²) in [5.41, 5.74) is 1.24. The highest BCUT2D eigenvalue weighted by Crippen LogP contribution is 2.13. The number of ether oxygens (including phenoxy) is 1. The highest BCUT2D eigenvalue weighted by molar-refractivity contribution is 5.16. The lowest BCUT2D eigenvalue weighted by atomic mass is 10.2. The lowest BCUT2D eigenvalue weighted by Gasteiger charge is -2.19. The summed E-state index contributed by atoms with van der Waals surface area (Å²) >= 11 is 0. The van der Waals surface area contributed by atoms with Crippen LogP contribution >= 0.6 is 0 Å². The van der Waals surface area contributed by atoms with E-state index in [2.05, 4.69) is 17.1 Å². The van der Waals surface area contributed by atoms with Gasteiger partial charge in [0.25, 0.3) is 0 Å². The second kappa shape index (κ2) is 8.28. The van der Waals surface area contributed by atoms with E-state index in [0.29, 0.717) is 0 Å². The van der Waals surface area contributed by atoms with Gasteiger partial charge in [-0.2, -0.15) is 0 Å². The van der Waals surface area contributed by atoms with Crippen molar-refractivity contribution in [2.45, 2.75) is 26.9 Å². The fraction of sp³-hybridized carbons (Fsp3) is 0.692. The Bertz CT molecular complexity index is 299. The molecule has 0 radical (unpaired) electrons. The quantitative estimate of drug-likeness (QED) is 0.669. The van der Waals surface area contributed by atoms with Gasteiger partial charge in [0.05, 0.1) is 19.4 Å². The van der Waals surface area contributed by atoms with E-state index in [1.807, 2.05) is 20.0 Å². The van der Waals surface area contributed by atoms with Crippen molar-refractivity contribution in [3.63, 3.8) is 0 Å². The first-order valence-corrected chi connectivity index (χ1v) is 6.31. The molecular weight excluding hydrogens is 216 g/mol. The molecule has 1 N–H and O–H groups in total. The van der Waals surface area contributed by atoms with Crippen molar-refractivity contribution < 1.29 is 9.15 Å². The Labute approximate surface area is 104 Å². The summed E-state index contributed by atoms with van der Waals surface area (Å²) in [6.45, 7) is 9.41. The maximum atomic E-state index is 5.53. The molecule has 0 aliphatic carbocycles. The predicted molar refractivity (Wildman–Crippen MR) is 68.9 cm³/mol. The number of nitrogens with one attached hydrogen (secondary N) is 1. The van der Waals surface area contributed by atoms with Gasteiger partial charge in [0.1, 0.15) is 5.76 Å². The second-order valence-corrected chi connectivity index (χ2v) is 3.97. The van der Waals surface area contributed by atoms with Crippen molar-refractivity contribution in [3.8, 4) is 0 Å². The van der Waals surface area contributed by atoms with Crippen LogP contribution in [0.1, 0.15) is 25.2 Å². The molecule has 0 aliphatic heterocycles. The number of rotatable bonds is 9. The van der Waals surface area contributed by atoms with E-state index in [4.69, 9.17) is 9.15 Å². The number of likely N-dealkylation sites (N-methyl/N-ethyl adjacent to an activating group) is 1. The largest absolute Gasteiger partial charge is 0.468 e. The van der Waals surface area contributed by atoms with E-state index >= 15 is 0 Å². The van der Waals surface area contributed by atoms with E-state index in [1.165, 1.54) is 5.56 Å². The summed E-state index contributed by atoms with van der Waals surface area (Å²) in [6.07, 6.45) is 1.76. The molecule has 4 heteroatoms. The van der Waals surface area contributed by atoms with Crippen molar-refractivity contribution in [1.82, 2.24) is 10.2 Å². The van der Waals surface area contributed by atoms with Crippen molar-refractivity contribution in [3.05, 3.63) is 23.7 Å². The molecule has 0 bridgehead atoms. The first-order chi connectivity index (χ1) is 8.31. The van der Waals surface area contributed by atoms with Gasteiger partial charge in [-0.15, -0.1) is 0 Å². The minimum atomic E-state index is 0.781. The first kappa shape index (κ1) is 14.2. The van der Waals surface area contributed by atoms with Crippen LogP contribution in [0.3, 0.4) is 0 Å². The maximum absolute atomic E-state index is 5.53. The van der Waals surface area contributed by atoms with Crippen molar-refractivity contribution in [2.24, 2.45) is 0 Å². The molecule has 0 unspecified atom stereocenters. The number of hydrogen-bond donors (Lipinski definition) is 1. The molecule has 1 heterocycles. The average Bonchev–Trinajstić information content (AvgIpc) is 2.76. The van der Waals surface area contributed by atoms with Gasteiger partial charge in [-0.3, -0.25) is 4.90 Å². The van der Waals surface area contributed by atoms with Crippen LogP contribution in [0.25, 0.3) is 0 Å². The number of hydrogen-bond acceptors (Lipinski definition) is 4. The maximum Gasteiger partial charge on any atom is 0.122 e. The normalized spacial score (nSPS) is 11.3. The minimum absolute atomic E-state index is 0.781. The molecule has 0 saturated heterocycles. The SMILES string of the molecule is CCOCCN(CC)Cc1occc1CNC. The van der Waals surface area contributed by atoms with Crippen LogP contribution in [0.5, 0.6) is 0 Å². The Balaban J connectivity index is 2.45. The van der Waals surface area contributed by atoms with Crippen molar-refractivity contribution >= 4 is 0 Å². The molecule has 17 heavy (non-hydrogen) atoms. The summed E-state index contributed by atoms with van der Waals surface area (Å²) in [4.78, 5) is 2.33. The molecule has 0 fully saturated rings. The monoisotopic (exact) mass is 240 g/mol. The first-order valence-electron chi connectivity index (χ1n) is 6.31. The zero-order valence-electron chi connectivity index (χ0n) is 11.2. The van der Waals surface area contributed by atoms with Gasteiger partial charge in [0.2, 0.25) is 0 Å². The van der Waals surface area contributed by atoms with Gasteiger partial charge in [0.15, 0.2) is 0 Å². The fourth-order valence-electron chi connectivity index (χ4n) is 1.74. The van der Waals surface area contributed by atoms with Gasteiger partial charge < -0.3 is 14.5 Å². The summed E-state index contributed by atoms with van der Waals surface area (Å²) in [6, 6.07) is 2.03. The third-order valence-electron chi connectivity index (χ3n) is 2.78.